The summed E-state index contributed by atoms with van der Waals surface area (Å²) in [6.07, 6.45) is 3.58. The van der Waals surface area contributed by atoms with Gasteiger partial charge in [-0.25, -0.2) is 0 Å². The van der Waals surface area contributed by atoms with E-state index in [9.17, 15) is 0 Å². The Bertz CT molecular complexity index is 167. The highest BCUT2D eigenvalue weighted by Crippen LogP contribution is 2.28. The van der Waals surface area contributed by atoms with Gasteiger partial charge in [-0.15, -0.1) is 0 Å². The van der Waals surface area contributed by atoms with Crippen LogP contribution in [0, 0.1) is 17.2 Å². The van der Waals surface area contributed by atoms with E-state index in [1.807, 2.05) is 13.8 Å². The fourth-order valence-electron chi connectivity index (χ4n) is 0.935. The zero-order valence-corrected chi connectivity index (χ0v) is 7.35. The van der Waals surface area contributed by atoms with Crippen LogP contribution in [0.2, 0.25) is 0 Å². The van der Waals surface area contributed by atoms with Gasteiger partial charge in [0.2, 0.25) is 0 Å². The molecule has 1 atom stereocenters. The van der Waals surface area contributed by atoms with Crippen LogP contribution in [0.5, 0.6) is 0 Å². The van der Waals surface area contributed by atoms with Gasteiger partial charge in [-0.05, 0) is 38.6 Å². The van der Waals surface area contributed by atoms with Gasteiger partial charge in [-0.1, -0.05) is 6.92 Å². The molecule has 1 unspecified atom stereocenters. The quantitative estimate of drug-likeness (QED) is 0.665. The fraction of sp³-hybridized carbons (Fsp3) is 0.889. The first-order valence-corrected chi connectivity index (χ1v) is 4.36. The van der Waals surface area contributed by atoms with Gasteiger partial charge in [0.15, 0.2) is 0 Å². The summed E-state index contributed by atoms with van der Waals surface area (Å²) < 4.78 is 0. The molecule has 0 aliphatic heterocycles. The van der Waals surface area contributed by atoms with Crippen LogP contribution >= 0.6 is 0 Å². The Balaban J connectivity index is 2.25. The van der Waals surface area contributed by atoms with E-state index in [0.717, 1.165) is 18.9 Å². The smallest absolute Gasteiger partial charge is 0.103 e. The number of hydrogen-bond donors (Lipinski definition) is 1. The molecule has 0 aromatic heterocycles. The number of hydrogen-bond acceptors (Lipinski definition) is 2. The van der Waals surface area contributed by atoms with Crippen LogP contribution in [0.3, 0.4) is 0 Å². The number of nitrogens with one attached hydrogen (secondary N) is 1. The molecule has 1 rings (SSSR count). The van der Waals surface area contributed by atoms with Crippen molar-refractivity contribution in [2.45, 2.75) is 38.6 Å². The standard InChI is InChI=1S/C9H16N2/c1-3-9(2,7-10)11-6-8-4-5-8/h8,11H,3-6H2,1-2H3. The van der Waals surface area contributed by atoms with Gasteiger partial charge < -0.3 is 0 Å². The maximum Gasteiger partial charge on any atom is 0.103 e. The van der Waals surface area contributed by atoms with Crippen LogP contribution < -0.4 is 5.32 Å². The van der Waals surface area contributed by atoms with Gasteiger partial charge in [0.25, 0.3) is 0 Å². The van der Waals surface area contributed by atoms with Gasteiger partial charge >= 0.3 is 0 Å². The molecule has 1 N–H and O–H groups in total. The number of rotatable bonds is 4. The summed E-state index contributed by atoms with van der Waals surface area (Å²) in [7, 11) is 0. The normalized spacial score (nSPS) is 22.3. The Hall–Kier alpha value is -0.550. The number of nitrogens with zero attached hydrogens (tertiary/aromatic N) is 1. The van der Waals surface area contributed by atoms with Crippen molar-refractivity contribution in [1.82, 2.24) is 5.32 Å². The van der Waals surface area contributed by atoms with Crippen molar-refractivity contribution in [3.63, 3.8) is 0 Å². The Morgan fingerprint density at radius 2 is 2.27 bits per heavy atom. The monoisotopic (exact) mass is 152 g/mol. The Kier molecular flexibility index (Phi) is 2.51. The molecule has 0 spiro atoms. The van der Waals surface area contributed by atoms with Gasteiger partial charge in [0, 0.05) is 0 Å². The molecular weight excluding hydrogens is 136 g/mol. The summed E-state index contributed by atoms with van der Waals surface area (Å²) in [6.45, 7) is 5.04. The molecule has 1 saturated carbocycles. The third kappa shape index (κ3) is 2.51. The lowest BCUT2D eigenvalue weighted by Gasteiger charge is -2.20. The summed E-state index contributed by atoms with van der Waals surface area (Å²) in [4.78, 5) is 0. The lowest BCUT2D eigenvalue weighted by Crippen LogP contribution is -2.41. The Labute approximate surface area is 68.6 Å². The molecule has 11 heavy (non-hydrogen) atoms. The first kappa shape index (κ1) is 8.55. The molecule has 0 amide bonds. The minimum Gasteiger partial charge on any atom is -0.299 e. The van der Waals surface area contributed by atoms with Crippen LogP contribution in [0.1, 0.15) is 33.1 Å². The molecule has 0 heterocycles. The molecule has 1 aliphatic rings. The van der Waals surface area contributed by atoms with Crippen LogP contribution in [-0.4, -0.2) is 12.1 Å². The first-order chi connectivity index (χ1) is 5.20. The van der Waals surface area contributed by atoms with Gasteiger partial charge in [-0.2, -0.15) is 5.26 Å². The largest absolute Gasteiger partial charge is 0.299 e. The zero-order chi connectivity index (χ0) is 8.32. The first-order valence-electron chi connectivity index (χ1n) is 4.36. The van der Waals surface area contributed by atoms with Crippen molar-refractivity contribution in [1.29, 1.82) is 5.26 Å². The SMILES string of the molecule is CCC(C)(C#N)NCC1CC1. The second-order valence-electron chi connectivity index (χ2n) is 3.62. The summed E-state index contributed by atoms with van der Waals surface area (Å²) in [5.41, 5.74) is -0.289. The third-order valence-electron chi connectivity index (χ3n) is 2.43. The highest BCUT2D eigenvalue weighted by atomic mass is 15.0. The summed E-state index contributed by atoms with van der Waals surface area (Å²) >= 11 is 0. The summed E-state index contributed by atoms with van der Waals surface area (Å²) in [6, 6.07) is 2.30. The predicted octanol–water partition coefficient (Wildman–Crippen LogP) is 1.68. The maximum absolute atomic E-state index is 8.81. The molecule has 0 radical (unpaired) electrons. The fourth-order valence-corrected chi connectivity index (χ4v) is 0.935. The van der Waals surface area contributed by atoms with Crippen LogP contribution in [0.25, 0.3) is 0 Å². The molecule has 0 bridgehead atoms. The molecule has 0 aromatic rings. The highest BCUT2D eigenvalue weighted by Gasteiger charge is 2.26. The molecule has 0 saturated heterocycles. The molecule has 62 valence electrons. The van der Waals surface area contributed by atoms with Crippen LogP contribution in [0.4, 0.5) is 0 Å². The zero-order valence-electron chi connectivity index (χ0n) is 7.35. The van der Waals surface area contributed by atoms with Crippen LogP contribution in [0.15, 0.2) is 0 Å². The molecule has 1 fully saturated rings. The second-order valence-corrected chi connectivity index (χ2v) is 3.62. The van der Waals surface area contributed by atoms with Crippen molar-refractivity contribution in [2.75, 3.05) is 6.54 Å². The lowest BCUT2D eigenvalue weighted by molar-refractivity contribution is 0.424. The Morgan fingerprint density at radius 1 is 1.64 bits per heavy atom. The minimum absolute atomic E-state index is 0.289. The van der Waals surface area contributed by atoms with E-state index in [-0.39, 0.29) is 5.54 Å². The summed E-state index contributed by atoms with van der Waals surface area (Å²) in [5.74, 6) is 0.856. The van der Waals surface area contributed by atoms with E-state index in [0.29, 0.717) is 0 Å². The van der Waals surface area contributed by atoms with Gasteiger partial charge in [-0.3, -0.25) is 5.32 Å². The maximum atomic E-state index is 8.81. The van der Waals surface area contributed by atoms with Crippen molar-refractivity contribution in [3.8, 4) is 6.07 Å². The highest BCUT2D eigenvalue weighted by molar-refractivity contribution is 5.03. The average Bonchev–Trinajstić information content (AvgIpc) is 2.83. The molecule has 2 heteroatoms. The van der Waals surface area contributed by atoms with E-state index in [1.165, 1.54) is 12.8 Å². The van der Waals surface area contributed by atoms with Gasteiger partial charge in [0.1, 0.15) is 5.54 Å². The average molecular weight is 152 g/mol. The van der Waals surface area contributed by atoms with E-state index in [1.54, 1.807) is 0 Å². The summed E-state index contributed by atoms with van der Waals surface area (Å²) in [5, 5.41) is 12.1. The molecule has 1 aliphatic carbocycles. The van der Waals surface area contributed by atoms with Gasteiger partial charge in [0.05, 0.1) is 6.07 Å². The third-order valence-corrected chi connectivity index (χ3v) is 2.43. The van der Waals surface area contributed by atoms with Crippen molar-refractivity contribution >= 4 is 0 Å². The van der Waals surface area contributed by atoms with Crippen molar-refractivity contribution < 1.29 is 0 Å². The molecule has 0 aromatic carbocycles. The van der Waals surface area contributed by atoms with E-state index in [4.69, 9.17) is 5.26 Å². The minimum atomic E-state index is -0.289. The lowest BCUT2D eigenvalue weighted by atomic mass is 10.0. The predicted molar refractivity (Wildman–Crippen MR) is 45.0 cm³/mol. The number of nitriles is 1. The molecular formula is C9H16N2. The van der Waals surface area contributed by atoms with Crippen molar-refractivity contribution in [2.24, 2.45) is 5.92 Å². The van der Waals surface area contributed by atoms with Crippen molar-refractivity contribution in [3.05, 3.63) is 0 Å². The van der Waals surface area contributed by atoms with Crippen LogP contribution in [-0.2, 0) is 0 Å². The molecule has 2 nitrogen and oxygen atoms in total. The Morgan fingerprint density at radius 3 is 2.64 bits per heavy atom. The van der Waals surface area contributed by atoms with E-state index >= 15 is 0 Å². The van der Waals surface area contributed by atoms with E-state index in [2.05, 4.69) is 11.4 Å². The second kappa shape index (κ2) is 3.23. The van der Waals surface area contributed by atoms with E-state index < -0.39 is 0 Å². The topological polar surface area (TPSA) is 35.8 Å².